The highest BCUT2D eigenvalue weighted by molar-refractivity contribution is 6.00. The van der Waals surface area contributed by atoms with Gasteiger partial charge in [0.1, 0.15) is 0 Å². The number of aryl methyl sites for hydroxylation is 2. The number of hydrogen-bond acceptors (Lipinski definition) is 2. The molecule has 1 heterocycles. The Morgan fingerprint density at radius 3 is 2.72 bits per heavy atom. The van der Waals surface area contributed by atoms with Crippen molar-refractivity contribution in [1.82, 2.24) is 4.98 Å². The molecule has 4 rings (SSSR count). The minimum Gasteiger partial charge on any atom is -0.481 e. The van der Waals surface area contributed by atoms with Crippen molar-refractivity contribution in [3.63, 3.8) is 0 Å². The van der Waals surface area contributed by atoms with E-state index in [1.165, 1.54) is 11.1 Å². The van der Waals surface area contributed by atoms with E-state index in [0.29, 0.717) is 5.92 Å². The van der Waals surface area contributed by atoms with Crippen LogP contribution < -0.4 is 0 Å². The first-order chi connectivity index (χ1) is 12.0. The number of ketones is 1. The summed E-state index contributed by atoms with van der Waals surface area (Å²) in [5.74, 6) is -0.146. The Hall–Kier alpha value is -2.10. The third-order valence-electron chi connectivity index (χ3n) is 6.45. The standard InChI is InChI=1S/C21H25NO3/c1-3-4-13-9-14(12(2)23)10-17-16-6-5-15-7-8-21(15,11-18(24)25)20(16)22-19(13)17/h9-10,15,22H,3-8,11H2,1-2H3,(H,24,25)/t15-,21-/m0/s1. The molecule has 4 heteroatoms. The highest BCUT2D eigenvalue weighted by Crippen LogP contribution is 2.57. The van der Waals surface area contributed by atoms with E-state index in [-0.39, 0.29) is 17.6 Å². The quantitative estimate of drug-likeness (QED) is 0.794. The summed E-state index contributed by atoms with van der Waals surface area (Å²) < 4.78 is 0. The zero-order valence-corrected chi connectivity index (χ0v) is 14.9. The number of nitrogens with one attached hydrogen (secondary N) is 1. The van der Waals surface area contributed by atoms with Crippen LogP contribution in [0, 0.1) is 5.92 Å². The van der Waals surface area contributed by atoms with Crippen molar-refractivity contribution in [3.8, 4) is 0 Å². The minimum atomic E-state index is -0.714. The van der Waals surface area contributed by atoms with Gasteiger partial charge in [-0.25, -0.2) is 0 Å². The molecule has 2 aliphatic carbocycles. The van der Waals surface area contributed by atoms with E-state index >= 15 is 0 Å². The average molecular weight is 339 g/mol. The van der Waals surface area contributed by atoms with Gasteiger partial charge in [0.05, 0.1) is 6.42 Å². The van der Waals surface area contributed by atoms with Crippen molar-refractivity contribution in [2.45, 2.75) is 64.2 Å². The summed E-state index contributed by atoms with van der Waals surface area (Å²) in [7, 11) is 0. The first kappa shape index (κ1) is 16.4. The Bertz CT molecular complexity index is 879. The van der Waals surface area contributed by atoms with E-state index in [0.717, 1.165) is 60.7 Å². The second kappa shape index (κ2) is 5.72. The largest absolute Gasteiger partial charge is 0.481 e. The van der Waals surface area contributed by atoms with Crippen molar-refractivity contribution in [2.24, 2.45) is 5.92 Å². The molecule has 0 aliphatic heterocycles. The molecule has 1 fully saturated rings. The third-order valence-corrected chi connectivity index (χ3v) is 6.45. The molecule has 2 N–H and O–H groups in total. The Kier molecular flexibility index (Phi) is 3.75. The van der Waals surface area contributed by atoms with Crippen molar-refractivity contribution in [2.75, 3.05) is 0 Å². The summed E-state index contributed by atoms with van der Waals surface area (Å²) in [6.45, 7) is 3.76. The number of aromatic nitrogens is 1. The second-order valence-corrected chi connectivity index (χ2v) is 7.84. The number of aromatic amines is 1. The summed E-state index contributed by atoms with van der Waals surface area (Å²) in [5, 5.41) is 10.6. The maximum atomic E-state index is 12.0. The molecule has 0 unspecified atom stereocenters. The fraction of sp³-hybridized carbons (Fsp3) is 0.524. The van der Waals surface area contributed by atoms with Gasteiger partial charge >= 0.3 is 5.97 Å². The van der Waals surface area contributed by atoms with E-state index < -0.39 is 5.97 Å². The maximum absolute atomic E-state index is 12.0. The Morgan fingerprint density at radius 1 is 1.32 bits per heavy atom. The fourth-order valence-corrected chi connectivity index (χ4v) is 5.13. The molecular weight excluding hydrogens is 314 g/mol. The highest BCUT2D eigenvalue weighted by Gasteiger charge is 2.53. The number of carbonyl (C=O) groups excluding carboxylic acids is 1. The van der Waals surface area contributed by atoms with Gasteiger partial charge in [-0.05, 0) is 68.2 Å². The average Bonchev–Trinajstić information content (AvgIpc) is 2.90. The summed E-state index contributed by atoms with van der Waals surface area (Å²) in [6, 6.07) is 4.03. The van der Waals surface area contributed by atoms with Crippen LogP contribution in [-0.4, -0.2) is 21.8 Å². The molecule has 0 spiro atoms. The van der Waals surface area contributed by atoms with Gasteiger partial charge in [0.15, 0.2) is 5.78 Å². The highest BCUT2D eigenvalue weighted by atomic mass is 16.4. The van der Waals surface area contributed by atoms with E-state index in [2.05, 4.69) is 11.9 Å². The number of carbonyl (C=O) groups is 2. The number of H-pyrrole nitrogens is 1. The molecule has 132 valence electrons. The summed E-state index contributed by atoms with van der Waals surface area (Å²) in [5.41, 5.74) is 5.24. The minimum absolute atomic E-state index is 0.0896. The molecule has 1 aromatic carbocycles. The van der Waals surface area contributed by atoms with Crippen LogP contribution >= 0.6 is 0 Å². The number of hydrogen-bond donors (Lipinski definition) is 2. The van der Waals surface area contributed by atoms with Crippen molar-refractivity contribution >= 4 is 22.7 Å². The van der Waals surface area contributed by atoms with Gasteiger partial charge < -0.3 is 10.1 Å². The van der Waals surface area contributed by atoms with Crippen LogP contribution in [0.25, 0.3) is 10.9 Å². The number of fused-ring (bicyclic) bond motifs is 5. The van der Waals surface area contributed by atoms with Crippen LogP contribution in [-0.2, 0) is 23.1 Å². The van der Waals surface area contributed by atoms with Gasteiger partial charge in [-0.1, -0.05) is 13.3 Å². The SMILES string of the molecule is CCCc1cc(C(C)=O)cc2c3c([nH]c12)[C@]1(CC(=O)O)CC[C@@H]1CC3. The Balaban J connectivity index is 1.95. The number of rotatable bonds is 5. The molecule has 2 aromatic rings. The number of aliphatic carboxylic acids is 1. The third kappa shape index (κ3) is 2.34. The predicted molar refractivity (Wildman–Crippen MR) is 97.3 cm³/mol. The summed E-state index contributed by atoms with van der Waals surface area (Å²) in [6.07, 6.45) is 6.26. The molecule has 0 bridgehead atoms. The smallest absolute Gasteiger partial charge is 0.304 e. The maximum Gasteiger partial charge on any atom is 0.304 e. The van der Waals surface area contributed by atoms with Gasteiger partial charge in [0.25, 0.3) is 0 Å². The lowest BCUT2D eigenvalue weighted by Gasteiger charge is -2.52. The van der Waals surface area contributed by atoms with Crippen molar-refractivity contribution in [3.05, 3.63) is 34.5 Å². The predicted octanol–water partition coefficient (Wildman–Crippen LogP) is 4.39. The lowest BCUT2D eigenvalue weighted by Crippen LogP contribution is -2.49. The van der Waals surface area contributed by atoms with Crippen LogP contribution in [0.15, 0.2) is 12.1 Å². The monoisotopic (exact) mass is 339 g/mol. The summed E-state index contributed by atoms with van der Waals surface area (Å²) in [4.78, 5) is 27.2. The molecule has 4 nitrogen and oxygen atoms in total. The molecule has 1 saturated carbocycles. The number of benzene rings is 1. The van der Waals surface area contributed by atoms with E-state index in [4.69, 9.17) is 0 Å². The number of carboxylic acids is 1. The molecule has 25 heavy (non-hydrogen) atoms. The number of carboxylic acid groups (broad SMARTS) is 1. The zero-order valence-electron chi connectivity index (χ0n) is 14.9. The van der Waals surface area contributed by atoms with Crippen LogP contribution in [0.2, 0.25) is 0 Å². The van der Waals surface area contributed by atoms with Gasteiger partial charge in [-0.2, -0.15) is 0 Å². The van der Waals surface area contributed by atoms with Crippen molar-refractivity contribution in [1.29, 1.82) is 0 Å². The van der Waals surface area contributed by atoms with Crippen LogP contribution in [0.4, 0.5) is 0 Å². The normalized spacial score (nSPS) is 24.5. The molecular formula is C21H25NO3. The zero-order chi connectivity index (χ0) is 17.8. The lowest BCUT2D eigenvalue weighted by molar-refractivity contribution is -0.141. The Morgan fingerprint density at radius 2 is 2.12 bits per heavy atom. The van der Waals surface area contributed by atoms with Crippen LogP contribution in [0.3, 0.4) is 0 Å². The lowest BCUT2D eigenvalue weighted by atomic mass is 9.52. The van der Waals surface area contributed by atoms with Gasteiger partial charge in [0, 0.05) is 27.6 Å². The van der Waals surface area contributed by atoms with Crippen molar-refractivity contribution < 1.29 is 14.7 Å². The van der Waals surface area contributed by atoms with Crippen LogP contribution in [0.1, 0.15) is 73.1 Å². The molecule has 2 atom stereocenters. The van der Waals surface area contributed by atoms with E-state index in [1.54, 1.807) is 6.92 Å². The number of Topliss-reactive ketones (excluding diaryl/α,β-unsaturated/α-hetero) is 1. The fourth-order valence-electron chi connectivity index (χ4n) is 5.13. The van der Waals surface area contributed by atoms with Crippen LogP contribution in [0.5, 0.6) is 0 Å². The molecule has 1 aromatic heterocycles. The first-order valence-corrected chi connectivity index (χ1v) is 9.37. The van der Waals surface area contributed by atoms with Gasteiger partial charge in [0.2, 0.25) is 0 Å². The molecule has 0 radical (unpaired) electrons. The molecule has 0 amide bonds. The van der Waals surface area contributed by atoms with E-state index in [9.17, 15) is 14.7 Å². The molecule has 0 saturated heterocycles. The topological polar surface area (TPSA) is 70.2 Å². The second-order valence-electron chi connectivity index (χ2n) is 7.84. The van der Waals surface area contributed by atoms with Gasteiger partial charge in [-0.15, -0.1) is 0 Å². The van der Waals surface area contributed by atoms with E-state index in [1.807, 2.05) is 12.1 Å². The summed E-state index contributed by atoms with van der Waals surface area (Å²) >= 11 is 0. The Labute approximate surface area is 147 Å². The molecule has 2 aliphatic rings. The van der Waals surface area contributed by atoms with Gasteiger partial charge in [-0.3, -0.25) is 9.59 Å². The first-order valence-electron chi connectivity index (χ1n) is 9.37.